The molecule has 0 saturated carbocycles. The normalized spacial score (nSPS) is 11.1. The largest absolute Gasteiger partial charge is 0.379 e. The zero-order valence-corrected chi connectivity index (χ0v) is 9.05. The molecule has 80 valence electrons. The molecule has 0 aliphatic heterocycles. The molecule has 0 unspecified atom stereocenters. The van der Waals surface area contributed by atoms with Crippen LogP contribution in [0.5, 0.6) is 0 Å². The minimum Gasteiger partial charge on any atom is -0.379 e. The van der Waals surface area contributed by atoms with Gasteiger partial charge in [0.15, 0.2) is 0 Å². The molecule has 14 heavy (non-hydrogen) atoms. The van der Waals surface area contributed by atoms with Crippen LogP contribution >= 0.6 is 0 Å². The van der Waals surface area contributed by atoms with Gasteiger partial charge >= 0.3 is 0 Å². The summed E-state index contributed by atoms with van der Waals surface area (Å²) in [5.41, 5.74) is 1.30. The summed E-state index contributed by atoms with van der Waals surface area (Å²) in [4.78, 5) is 3.03. The number of hydrogen-bond acceptors (Lipinski definition) is 2. The van der Waals surface area contributed by atoms with Crippen molar-refractivity contribution >= 4 is 0 Å². The molecule has 3 heteroatoms. The van der Waals surface area contributed by atoms with Crippen LogP contribution in [0.3, 0.4) is 0 Å². The highest BCUT2D eigenvalue weighted by molar-refractivity contribution is 5.07. The summed E-state index contributed by atoms with van der Waals surface area (Å²) in [6.45, 7) is 6.92. The van der Waals surface area contributed by atoms with E-state index in [9.17, 15) is 0 Å². The van der Waals surface area contributed by atoms with Crippen LogP contribution in [0.2, 0.25) is 0 Å². The lowest BCUT2D eigenvalue weighted by Crippen LogP contribution is -2.17. The smallest absolute Gasteiger partial charge is 0.0518 e. The van der Waals surface area contributed by atoms with Gasteiger partial charge in [0.25, 0.3) is 0 Å². The minimum absolute atomic E-state index is 0.347. The maximum absolute atomic E-state index is 5.43. The van der Waals surface area contributed by atoms with Crippen LogP contribution in [0, 0.1) is 0 Å². The van der Waals surface area contributed by atoms with Gasteiger partial charge in [0, 0.05) is 25.5 Å². The first-order valence-corrected chi connectivity index (χ1v) is 5.23. The molecule has 1 aromatic heterocycles. The lowest BCUT2D eigenvalue weighted by atomic mass is 10.3. The van der Waals surface area contributed by atoms with Crippen molar-refractivity contribution in [2.24, 2.45) is 0 Å². The molecule has 0 fully saturated rings. The van der Waals surface area contributed by atoms with E-state index in [0.29, 0.717) is 6.10 Å². The Bertz CT molecular complexity index is 219. The number of aromatic amines is 1. The van der Waals surface area contributed by atoms with Crippen LogP contribution in [0.25, 0.3) is 0 Å². The molecule has 0 aromatic carbocycles. The van der Waals surface area contributed by atoms with Gasteiger partial charge in [0.1, 0.15) is 0 Å². The molecule has 1 heterocycles. The first-order valence-electron chi connectivity index (χ1n) is 5.23. The van der Waals surface area contributed by atoms with E-state index in [4.69, 9.17) is 4.74 Å². The number of H-pyrrole nitrogens is 1. The van der Waals surface area contributed by atoms with Crippen molar-refractivity contribution in [3.8, 4) is 0 Å². The van der Waals surface area contributed by atoms with Crippen LogP contribution in [0.4, 0.5) is 0 Å². The first kappa shape index (κ1) is 11.3. The molecule has 0 saturated heterocycles. The predicted octanol–water partition coefficient (Wildman–Crippen LogP) is 1.92. The quantitative estimate of drug-likeness (QED) is 0.654. The van der Waals surface area contributed by atoms with E-state index in [1.54, 1.807) is 0 Å². The van der Waals surface area contributed by atoms with Crippen LogP contribution in [-0.2, 0) is 11.3 Å². The highest BCUT2D eigenvalue weighted by Crippen LogP contribution is 1.95. The molecule has 3 nitrogen and oxygen atoms in total. The Labute approximate surface area is 85.9 Å². The zero-order chi connectivity index (χ0) is 10.2. The minimum atomic E-state index is 0.347. The Morgan fingerprint density at radius 3 is 3.00 bits per heavy atom. The highest BCUT2D eigenvalue weighted by Gasteiger charge is 1.94. The van der Waals surface area contributed by atoms with E-state index < -0.39 is 0 Å². The fourth-order valence-electron chi connectivity index (χ4n) is 1.22. The molecule has 0 amide bonds. The number of hydrogen-bond donors (Lipinski definition) is 2. The van der Waals surface area contributed by atoms with E-state index in [2.05, 4.69) is 30.2 Å². The molecule has 0 atom stereocenters. The SMILES string of the molecule is CC(C)OCCCNCc1cc[nH]c1. The van der Waals surface area contributed by atoms with E-state index >= 15 is 0 Å². The van der Waals surface area contributed by atoms with Crippen molar-refractivity contribution < 1.29 is 4.74 Å². The molecule has 2 N–H and O–H groups in total. The van der Waals surface area contributed by atoms with Crippen LogP contribution in [0.15, 0.2) is 18.5 Å². The van der Waals surface area contributed by atoms with Crippen LogP contribution in [0.1, 0.15) is 25.8 Å². The van der Waals surface area contributed by atoms with Crippen molar-refractivity contribution in [1.29, 1.82) is 0 Å². The Kier molecular flexibility index (Phi) is 5.33. The lowest BCUT2D eigenvalue weighted by molar-refractivity contribution is 0.0770. The van der Waals surface area contributed by atoms with Gasteiger partial charge in [-0.3, -0.25) is 0 Å². The molecule has 0 radical (unpaired) electrons. The number of nitrogens with one attached hydrogen (secondary N) is 2. The highest BCUT2D eigenvalue weighted by atomic mass is 16.5. The Morgan fingerprint density at radius 1 is 1.50 bits per heavy atom. The standard InChI is InChI=1S/C11H20N2O/c1-10(2)14-7-3-5-12-8-11-4-6-13-9-11/h4,6,9-10,12-13H,3,5,7-8H2,1-2H3. The van der Waals surface area contributed by atoms with Gasteiger partial charge in [0.05, 0.1) is 6.10 Å². The second-order valence-corrected chi connectivity index (χ2v) is 3.67. The summed E-state index contributed by atoms with van der Waals surface area (Å²) in [6.07, 6.45) is 5.37. The predicted molar refractivity (Wildman–Crippen MR) is 58.2 cm³/mol. The molecular formula is C11H20N2O. The number of rotatable bonds is 7. The third kappa shape index (κ3) is 5.04. The van der Waals surface area contributed by atoms with Crippen molar-refractivity contribution in [3.05, 3.63) is 24.0 Å². The van der Waals surface area contributed by atoms with Gasteiger partial charge in [-0.25, -0.2) is 0 Å². The zero-order valence-electron chi connectivity index (χ0n) is 9.05. The average Bonchev–Trinajstić information content (AvgIpc) is 2.63. The summed E-state index contributed by atoms with van der Waals surface area (Å²) in [6, 6.07) is 2.08. The van der Waals surface area contributed by atoms with Gasteiger partial charge in [-0.15, -0.1) is 0 Å². The van der Waals surface area contributed by atoms with E-state index in [-0.39, 0.29) is 0 Å². The summed E-state index contributed by atoms with van der Waals surface area (Å²) in [7, 11) is 0. The molecular weight excluding hydrogens is 176 g/mol. The Balaban J connectivity index is 1.90. The van der Waals surface area contributed by atoms with E-state index in [1.807, 2.05) is 12.4 Å². The first-order chi connectivity index (χ1) is 6.79. The Hall–Kier alpha value is -0.800. The number of aromatic nitrogens is 1. The monoisotopic (exact) mass is 196 g/mol. The van der Waals surface area contributed by atoms with Gasteiger partial charge in [0.2, 0.25) is 0 Å². The molecule has 1 rings (SSSR count). The molecule has 0 bridgehead atoms. The lowest BCUT2D eigenvalue weighted by Gasteiger charge is -2.07. The van der Waals surface area contributed by atoms with Crippen LogP contribution < -0.4 is 5.32 Å². The summed E-state index contributed by atoms with van der Waals surface area (Å²) < 4.78 is 5.43. The van der Waals surface area contributed by atoms with Crippen LogP contribution in [-0.4, -0.2) is 24.2 Å². The van der Waals surface area contributed by atoms with E-state index in [0.717, 1.165) is 26.1 Å². The number of ether oxygens (including phenoxy) is 1. The van der Waals surface area contributed by atoms with Gasteiger partial charge in [-0.05, 0) is 38.4 Å². The molecule has 0 aliphatic carbocycles. The van der Waals surface area contributed by atoms with Crippen molar-refractivity contribution in [2.75, 3.05) is 13.2 Å². The average molecular weight is 196 g/mol. The van der Waals surface area contributed by atoms with Crippen molar-refractivity contribution in [3.63, 3.8) is 0 Å². The van der Waals surface area contributed by atoms with Crippen molar-refractivity contribution in [1.82, 2.24) is 10.3 Å². The maximum atomic E-state index is 5.43. The van der Waals surface area contributed by atoms with E-state index in [1.165, 1.54) is 5.56 Å². The fraction of sp³-hybridized carbons (Fsp3) is 0.636. The summed E-state index contributed by atoms with van der Waals surface area (Å²) >= 11 is 0. The summed E-state index contributed by atoms with van der Waals surface area (Å²) in [5.74, 6) is 0. The van der Waals surface area contributed by atoms with Gasteiger partial charge < -0.3 is 15.0 Å². The second-order valence-electron chi connectivity index (χ2n) is 3.67. The Morgan fingerprint density at radius 2 is 2.36 bits per heavy atom. The molecule has 0 spiro atoms. The van der Waals surface area contributed by atoms with Gasteiger partial charge in [-0.1, -0.05) is 0 Å². The third-order valence-corrected chi connectivity index (χ3v) is 1.94. The molecule has 1 aromatic rings. The second kappa shape index (κ2) is 6.62. The third-order valence-electron chi connectivity index (χ3n) is 1.94. The van der Waals surface area contributed by atoms with Crippen molar-refractivity contribution in [2.45, 2.75) is 32.9 Å². The summed E-state index contributed by atoms with van der Waals surface area (Å²) in [5, 5.41) is 3.36. The maximum Gasteiger partial charge on any atom is 0.0518 e. The fourth-order valence-corrected chi connectivity index (χ4v) is 1.22. The van der Waals surface area contributed by atoms with Gasteiger partial charge in [-0.2, -0.15) is 0 Å². The topological polar surface area (TPSA) is 37.0 Å². The molecule has 0 aliphatic rings.